The van der Waals surface area contributed by atoms with Crippen LogP contribution >= 0.6 is 11.3 Å². The van der Waals surface area contributed by atoms with Gasteiger partial charge in [-0.25, -0.2) is 9.78 Å². The van der Waals surface area contributed by atoms with Gasteiger partial charge in [-0.1, -0.05) is 0 Å². The zero-order valence-electron chi connectivity index (χ0n) is 9.58. The van der Waals surface area contributed by atoms with E-state index < -0.39 is 5.97 Å². The Hall–Kier alpha value is -2.15. The lowest BCUT2D eigenvalue weighted by Crippen LogP contribution is -2.23. The molecule has 2 aromatic heterocycles. The number of carbonyl (C=O) groups excluding carboxylic acids is 1. The summed E-state index contributed by atoms with van der Waals surface area (Å²) in [5.41, 5.74) is 0. The second kappa shape index (κ2) is 5.01. The first-order chi connectivity index (χ1) is 8.58. The van der Waals surface area contributed by atoms with Gasteiger partial charge in [0.05, 0.1) is 11.4 Å². The summed E-state index contributed by atoms with van der Waals surface area (Å²) in [7, 11) is 1.84. The van der Waals surface area contributed by atoms with Crippen LogP contribution in [-0.2, 0) is 13.6 Å². The highest BCUT2D eigenvalue weighted by Crippen LogP contribution is 2.16. The number of nitrogens with one attached hydrogen (secondary N) is 1. The maximum Gasteiger partial charge on any atom is 0.345 e. The molecule has 18 heavy (non-hydrogen) atoms. The van der Waals surface area contributed by atoms with Crippen LogP contribution in [0, 0.1) is 0 Å². The molecule has 2 rings (SSSR count). The third-order valence-electron chi connectivity index (χ3n) is 2.37. The standard InChI is InChI=1S/C11H11N3O3S/c1-14-5-4-12-9(14)6-13-10(15)7-2-3-8(18-7)11(16)17/h2-5H,6H2,1H3,(H,13,15)(H,16,17). The largest absolute Gasteiger partial charge is 0.477 e. The Bertz CT molecular complexity index is 588. The van der Waals surface area contributed by atoms with Gasteiger partial charge in [0.15, 0.2) is 0 Å². The topological polar surface area (TPSA) is 84.2 Å². The fourth-order valence-electron chi connectivity index (χ4n) is 1.39. The van der Waals surface area contributed by atoms with Crippen molar-refractivity contribution in [3.8, 4) is 0 Å². The third kappa shape index (κ3) is 2.57. The number of aryl methyl sites for hydroxylation is 1. The van der Waals surface area contributed by atoms with E-state index in [1.165, 1.54) is 12.1 Å². The molecule has 6 nitrogen and oxygen atoms in total. The van der Waals surface area contributed by atoms with Gasteiger partial charge in [-0.05, 0) is 12.1 Å². The SMILES string of the molecule is Cn1ccnc1CNC(=O)c1ccc(C(=O)O)s1. The number of hydrogen-bond acceptors (Lipinski definition) is 4. The zero-order chi connectivity index (χ0) is 13.1. The summed E-state index contributed by atoms with van der Waals surface area (Å²) in [4.78, 5) is 27.0. The van der Waals surface area contributed by atoms with Gasteiger partial charge in [-0.2, -0.15) is 0 Å². The van der Waals surface area contributed by atoms with E-state index in [0.29, 0.717) is 11.4 Å². The number of carboxylic acid groups (broad SMARTS) is 1. The predicted molar refractivity (Wildman–Crippen MR) is 65.7 cm³/mol. The van der Waals surface area contributed by atoms with Gasteiger partial charge in [-0.3, -0.25) is 4.79 Å². The molecule has 0 spiro atoms. The van der Waals surface area contributed by atoms with Crippen LogP contribution in [-0.4, -0.2) is 26.5 Å². The van der Waals surface area contributed by atoms with Gasteiger partial charge in [0.2, 0.25) is 0 Å². The molecular weight excluding hydrogens is 254 g/mol. The van der Waals surface area contributed by atoms with Crippen LogP contribution in [0.1, 0.15) is 25.2 Å². The number of aromatic nitrogens is 2. The summed E-state index contributed by atoms with van der Waals surface area (Å²) in [6, 6.07) is 2.92. The predicted octanol–water partition coefficient (Wildman–Crippen LogP) is 1.11. The van der Waals surface area contributed by atoms with Gasteiger partial charge in [0, 0.05) is 19.4 Å². The molecule has 7 heteroatoms. The van der Waals surface area contributed by atoms with E-state index in [0.717, 1.165) is 17.2 Å². The average molecular weight is 265 g/mol. The molecule has 0 aromatic carbocycles. The lowest BCUT2D eigenvalue weighted by atomic mass is 10.4. The van der Waals surface area contributed by atoms with Crippen LogP contribution in [0.2, 0.25) is 0 Å². The molecule has 0 saturated heterocycles. The molecule has 1 amide bonds. The van der Waals surface area contributed by atoms with Crippen molar-refractivity contribution >= 4 is 23.2 Å². The van der Waals surface area contributed by atoms with E-state index in [-0.39, 0.29) is 10.8 Å². The van der Waals surface area contributed by atoms with Gasteiger partial charge in [0.1, 0.15) is 10.7 Å². The Morgan fingerprint density at radius 2 is 2.17 bits per heavy atom. The normalized spacial score (nSPS) is 10.3. The zero-order valence-corrected chi connectivity index (χ0v) is 10.4. The minimum atomic E-state index is -1.02. The molecule has 2 heterocycles. The van der Waals surface area contributed by atoms with Crippen LogP contribution in [0.3, 0.4) is 0 Å². The molecule has 0 radical (unpaired) electrons. The second-order valence-electron chi connectivity index (χ2n) is 3.61. The Balaban J connectivity index is 1.99. The highest BCUT2D eigenvalue weighted by atomic mass is 32.1. The summed E-state index contributed by atoms with van der Waals surface area (Å²) < 4.78 is 1.80. The highest BCUT2D eigenvalue weighted by Gasteiger charge is 2.13. The van der Waals surface area contributed by atoms with Crippen molar-refractivity contribution in [3.05, 3.63) is 40.1 Å². The summed E-state index contributed by atoms with van der Waals surface area (Å²) >= 11 is 0.952. The number of carboxylic acids is 1. The van der Waals surface area contributed by atoms with Gasteiger partial charge in [-0.15, -0.1) is 11.3 Å². The van der Waals surface area contributed by atoms with Crippen LogP contribution in [0.15, 0.2) is 24.5 Å². The molecule has 2 N–H and O–H groups in total. The number of aromatic carboxylic acids is 1. The number of nitrogens with zero attached hydrogens (tertiary/aromatic N) is 2. The number of carbonyl (C=O) groups is 2. The fraction of sp³-hybridized carbons (Fsp3) is 0.182. The summed E-state index contributed by atoms with van der Waals surface area (Å²) in [6.45, 7) is 0.308. The Morgan fingerprint density at radius 3 is 2.72 bits per heavy atom. The summed E-state index contributed by atoms with van der Waals surface area (Å²) in [6.07, 6.45) is 3.43. The van der Waals surface area contributed by atoms with Crippen molar-refractivity contribution in [3.63, 3.8) is 0 Å². The molecule has 94 valence electrons. The third-order valence-corrected chi connectivity index (χ3v) is 3.44. The second-order valence-corrected chi connectivity index (χ2v) is 4.69. The Morgan fingerprint density at radius 1 is 1.44 bits per heavy atom. The van der Waals surface area contributed by atoms with E-state index in [4.69, 9.17) is 5.11 Å². The monoisotopic (exact) mass is 265 g/mol. The van der Waals surface area contributed by atoms with Crippen LogP contribution in [0.5, 0.6) is 0 Å². The van der Waals surface area contributed by atoms with E-state index in [2.05, 4.69) is 10.3 Å². The maximum atomic E-state index is 11.8. The Kier molecular flexibility index (Phi) is 3.42. The van der Waals surface area contributed by atoms with Crippen LogP contribution in [0.4, 0.5) is 0 Å². The molecule has 0 aliphatic rings. The quantitative estimate of drug-likeness (QED) is 0.867. The van der Waals surface area contributed by atoms with E-state index in [1.807, 2.05) is 7.05 Å². The fourth-order valence-corrected chi connectivity index (χ4v) is 2.15. The molecule has 0 unspecified atom stereocenters. The number of thiophene rings is 1. The molecule has 0 atom stereocenters. The summed E-state index contributed by atoms with van der Waals surface area (Å²) in [5, 5.41) is 11.5. The first-order valence-electron chi connectivity index (χ1n) is 5.15. The average Bonchev–Trinajstić information content (AvgIpc) is 2.94. The number of rotatable bonds is 4. The van der Waals surface area contributed by atoms with E-state index in [9.17, 15) is 9.59 Å². The highest BCUT2D eigenvalue weighted by molar-refractivity contribution is 7.15. The minimum Gasteiger partial charge on any atom is -0.477 e. The van der Waals surface area contributed by atoms with Crippen molar-refractivity contribution in [2.24, 2.45) is 7.05 Å². The van der Waals surface area contributed by atoms with Gasteiger partial charge in [0.25, 0.3) is 5.91 Å². The van der Waals surface area contributed by atoms with Gasteiger partial charge >= 0.3 is 5.97 Å². The lowest BCUT2D eigenvalue weighted by Gasteiger charge is -2.03. The first kappa shape index (κ1) is 12.3. The number of amides is 1. The molecule has 2 aromatic rings. The Labute approximate surface area is 107 Å². The minimum absolute atomic E-state index is 0.150. The van der Waals surface area contributed by atoms with E-state index in [1.54, 1.807) is 17.0 Å². The van der Waals surface area contributed by atoms with Crippen LogP contribution < -0.4 is 5.32 Å². The molecule has 0 fully saturated rings. The molecule has 0 aliphatic heterocycles. The van der Waals surface area contributed by atoms with E-state index >= 15 is 0 Å². The maximum absolute atomic E-state index is 11.8. The summed E-state index contributed by atoms with van der Waals surface area (Å²) in [5.74, 6) is -0.586. The lowest BCUT2D eigenvalue weighted by molar-refractivity contribution is 0.0702. The van der Waals surface area contributed by atoms with Gasteiger partial charge < -0.3 is 15.0 Å². The molecule has 0 saturated carbocycles. The van der Waals surface area contributed by atoms with Crippen LogP contribution in [0.25, 0.3) is 0 Å². The number of hydrogen-bond donors (Lipinski definition) is 2. The first-order valence-corrected chi connectivity index (χ1v) is 5.97. The van der Waals surface area contributed by atoms with Crippen molar-refractivity contribution in [1.29, 1.82) is 0 Å². The smallest absolute Gasteiger partial charge is 0.345 e. The van der Waals surface area contributed by atoms with Crippen molar-refractivity contribution in [1.82, 2.24) is 14.9 Å². The van der Waals surface area contributed by atoms with Crippen molar-refractivity contribution < 1.29 is 14.7 Å². The molecule has 0 aliphatic carbocycles. The molecule has 0 bridgehead atoms. The van der Waals surface area contributed by atoms with Crippen molar-refractivity contribution in [2.45, 2.75) is 6.54 Å². The van der Waals surface area contributed by atoms with Crippen molar-refractivity contribution in [2.75, 3.05) is 0 Å². The number of imidazole rings is 1. The molecular formula is C11H11N3O3S.